The van der Waals surface area contributed by atoms with Gasteiger partial charge in [0.05, 0.1) is 0 Å². The zero-order chi connectivity index (χ0) is 10.7. The second-order valence-electron chi connectivity index (χ2n) is 4.50. The number of carboxylic acid groups (broad SMARTS) is 1. The van der Waals surface area contributed by atoms with E-state index in [-0.39, 0.29) is 0 Å². The normalized spacial score (nSPS) is 14.9. The van der Waals surface area contributed by atoms with E-state index in [1.807, 2.05) is 26.7 Å². The average Bonchev–Trinajstić information content (AvgIpc) is 1.77. The number of aliphatic carboxylic acids is 1. The molecule has 0 amide bonds. The van der Waals surface area contributed by atoms with Crippen molar-refractivity contribution in [2.75, 3.05) is 26.7 Å². The van der Waals surface area contributed by atoms with Crippen molar-refractivity contribution in [1.29, 1.82) is 0 Å². The van der Waals surface area contributed by atoms with E-state index in [4.69, 9.17) is 9.63 Å². The first-order valence-electron chi connectivity index (χ1n) is 3.72. The molecule has 13 heavy (non-hydrogen) atoms. The molecule has 4 nitrogen and oxygen atoms in total. The Morgan fingerprint density at radius 3 is 1.92 bits per heavy atom. The summed E-state index contributed by atoms with van der Waals surface area (Å²) in [7, 11) is 0. The van der Waals surface area contributed by atoms with Gasteiger partial charge >= 0.3 is 76.8 Å². The number of carbonyl (C=O) groups excluding carboxylic acids is 1. The predicted molar refractivity (Wildman–Crippen MR) is 53.5 cm³/mol. The molecule has 0 atom stereocenters. The van der Waals surface area contributed by atoms with Gasteiger partial charge in [0.1, 0.15) is 0 Å². The third-order valence-electron chi connectivity index (χ3n) is 0.817. The van der Waals surface area contributed by atoms with Gasteiger partial charge in [-0.25, -0.2) is 0 Å². The van der Waals surface area contributed by atoms with Crippen LogP contribution in [0, 0.1) is 0 Å². The Labute approximate surface area is 77.6 Å². The average molecular weight is 206 g/mol. The fourth-order valence-corrected chi connectivity index (χ4v) is 1.31. The number of rotatable bonds is 3. The Balaban J connectivity index is 4.27. The molecular formula is C8H15O4P. The van der Waals surface area contributed by atoms with Gasteiger partial charge in [0.15, 0.2) is 0 Å². The molecule has 0 unspecified atom stereocenters. The van der Waals surface area contributed by atoms with Crippen LogP contribution in [0.25, 0.3) is 0 Å². The predicted octanol–water partition coefficient (Wildman–Crippen LogP) is 1.16. The van der Waals surface area contributed by atoms with Crippen LogP contribution >= 0.6 is 6.83 Å². The van der Waals surface area contributed by atoms with E-state index < -0.39 is 18.8 Å². The molecule has 0 saturated carbocycles. The van der Waals surface area contributed by atoms with E-state index in [0.29, 0.717) is 0 Å². The Hall–Kier alpha value is -0.890. The molecule has 0 aliphatic heterocycles. The topological polar surface area (TPSA) is 63.6 Å². The molecule has 0 spiro atoms. The summed E-state index contributed by atoms with van der Waals surface area (Å²) in [5.74, 6) is -1.76. The van der Waals surface area contributed by atoms with Crippen molar-refractivity contribution in [2.45, 2.75) is 0 Å². The van der Waals surface area contributed by atoms with E-state index in [0.717, 1.165) is 12.2 Å². The molecule has 0 bridgehead atoms. The quantitative estimate of drug-likeness (QED) is 0.556. The van der Waals surface area contributed by atoms with E-state index in [9.17, 15) is 9.59 Å². The fourth-order valence-electron chi connectivity index (χ4n) is 0.530. The van der Waals surface area contributed by atoms with Crippen LogP contribution < -0.4 is 0 Å². The maximum absolute atomic E-state index is 11.0. The molecule has 5 heteroatoms. The van der Waals surface area contributed by atoms with Gasteiger partial charge in [-0.05, 0) is 0 Å². The minimum absolute atomic E-state index is 0.602. The molecule has 0 saturated heterocycles. The Bertz CT molecular complexity index is 250. The van der Waals surface area contributed by atoms with E-state index in [1.165, 1.54) is 0 Å². The molecule has 0 radical (unpaired) electrons. The minimum atomic E-state index is -2.34. The molecule has 1 N–H and O–H groups in total. The molecule has 0 aromatic carbocycles. The van der Waals surface area contributed by atoms with E-state index in [2.05, 4.69) is 0 Å². The second-order valence-corrected chi connectivity index (χ2v) is 11.5. The Morgan fingerprint density at radius 1 is 1.15 bits per heavy atom. The van der Waals surface area contributed by atoms with Gasteiger partial charge in [-0.3, -0.25) is 0 Å². The first kappa shape index (κ1) is 12.1. The number of hydrogen-bond donors (Lipinski definition) is 1. The summed E-state index contributed by atoms with van der Waals surface area (Å²) in [6.45, 7) is 5.09. The molecule has 0 aliphatic rings. The summed E-state index contributed by atoms with van der Waals surface area (Å²) in [5, 5.41) is 8.24. The number of carboxylic acids is 1. The first-order chi connectivity index (χ1) is 5.56. The Morgan fingerprint density at radius 2 is 1.62 bits per heavy atom. The van der Waals surface area contributed by atoms with Gasteiger partial charge in [0.2, 0.25) is 0 Å². The maximum atomic E-state index is 11.0. The van der Waals surface area contributed by atoms with Gasteiger partial charge in [0, 0.05) is 0 Å². The van der Waals surface area contributed by atoms with Crippen molar-refractivity contribution in [3.05, 3.63) is 12.2 Å². The summed E-state index contributed by atoms with van der Waals surface area (Å²) < 4.78 is 5.12. The van der Waals surface area contributed by atoms with Crippen LogP contribution in [0.4, 0.5) is 0 Å². The molecule has 0 fully saturated rings. The van der Waals surface area contributed by atoms with Crippen molar-refractivity contribution in [1.82, 2.24) is 0 Å². The van der Waals surface area contributed by atoms with Crippen molar-refractivity contribution in [3.8, 4) is 0 Å². The van der Waals surface area contributed by atoms with Crippen molar-refractivity contribution < 1.29 is 19.2 Å². The van der Waals surface area contributed by atoms with Gasteiger partial charge < -0.3 is 0 Å². The fraction of sp³-hybridized carbons (Fsp3) is 0.500. The van der Waals surface area contributed by atoms with Crippen molar-refractivity contribution in [2.24, 2.45) is 0 Å². The number of hydrogen-bond acceptors (Lipinski definition) is 3. The van der Waals surface area contributed by atoms with Crippen molar-refractivity contribution >= 4 is 18.8 Å². The number of carbonyl (C=O) groups is 2. The third-order valence-corrected chi connectivity index (χ3v) is 1.73. The van der Waals surface area contributed by atoms with Crippen LogP contribution in [0.1, 0.15) is 0 Å². The van der Waals surface area contributed by atoms with Crippen LogP contribution in [0.2, 0.25) is 0 Å². The molecule has 76 valence electrons. The molecule has 0 heterocycles. The van der Waals surface area contributed by atoms with Crippen LogP contribution in [0.3, 0.4) is 0 Å². The van der Waals surface area contributed by atoms with Crippen LogP contribution in [0.15, 0.2) is 12.2 Å². The monoisotopic (exact) mass is 206 g/mol. The van der Waals surface area contributed by atoms with Gasteiger partial charge in [0.25, 0.3) is 0 Å². The first-order valence-corrected chi connectivity index (χ1v) is 7.66. The third kappa shape index (κ3) is 9.02. The van der Waals surface area contributed by atoms with Gasteiger partial charge in [-0.1, -0.05) is 0 Å². The van der Waals surface area contributed by atoms with E-state index >= 15 is 0 Å². The summed E-state index contributed by atoms with van der Waals surface area (Å²) in [6, 6.07) is 0. The molecule has 0 aromatic heterocycles. The van der Waals surface area contributed by atoms with E-state index in [1.54, 1.807) is 0 Å². The van der Waals surface area contributed by atoms with Crippen LogP contribution in [0.5, 0.6) is 0 Å². The van der Waals surface area contributed by atoms with Crippen molar-refractivity contribution in [3.63, 3.8) is 0 Å². The zero-order valence-corrected chi connectivity index (χ0v) is 9.17. The molecule has 0 rings (SSSR count). The summed E-state index contributed by atoms with van der Waals surface area (Å²) in [5.41, 5.74) is 0. The SMILES string of the molecule is CP(C)(C)(C)OC(=O)/C=C\C(=O)O. The van der Waals surface area contributed by atoms with Gasteiger partial charge in [-0.15, -0.1) is 0 Å². The second kappa shape index (κ2) is 3.46. The summed E-state index contributed by atoms with van der Waals surface area (Å²) in [4.78, 5) is 21.1. The zero-order valence-electron chi connectivity index (χ0n) is 8.27. The van der Waals surface area contributed by atoms with Crippen LogP contribution in [-0.2, 0) is 14.1 Å². The molecule has 0 aromatic rings. The van der Waals surface area contributed by atoms with Crippen LogP contribution in [-0.4, -0.2) is 43.7 Å². The molecule has 0 aliphatic carbocycles. The van der Waals surface area contributed by atoms with Gasteiger partial charge in [-0.2, -0.15) is 0 Å². The summed E-state index contributed by atoms with van der Waals surface area (Å²) in [6.07, 6.45) is 1.69. The molecular weight excluding hydrogens is 191 g/mol. The standard InChI is InChI=1S/C8H15O4P/c1-13(2,3,4)12-8(11)6-5-7(9)10/h5-6H,1-4H3,(H,9,10)/b6-5-. The summed E-state index contributed by atoms with van der Waals surface area (Å²) >= 11 is 0. The Kier molecular flexibility index (Phi) is 3.23.